The largest absolute Gasteiger partial charge is 0.497 e. The lowest BCUT2D eigenvalue weighted by Crippen LogP contribution is -2.36. The second kappa shape index (κ2) is 6.56. The van der Waals surface area contributed by atoms with Gasteiger partial charge in [-0.3, -0.25) is 13.9 Å². The number of benzene rings is 2. The van der Waals surface area contributed by atoms with E-state index >= 15 is 0 Å². The van der Waals surface area contributed by atoms with E-state index in [4.69, 9.17) is 4.74 Å². The van der Waals surface area contributed by atoms with Crippen molar-refractivity contribution in [3.63, 3.8) is 0 Å². The van der Waals surface area contributed by atoms with E-state index in [1.807, 2.05) is 66.2 Å². The molecule has 0 fully saturated rings. The minimum atomic E-state index is -0.351. The fraction of sp³-hybridized carbons (Fsp3) is 0.182. The molecule has 2 heterocycles. The molecule has 0 spiro atoms. The highest BCUT2D eigenvalue weighted by Gasteiger charge is 2.20. The smallest absolute Gasteiger partial charge is 0.330 e. The third kappa shape index (κ3) is 2.65. The van der Waals surface area contributed by atoms with Crippen molar-refractivity contribution in [2.45, 2.75) is 6.92 Å². The minimum absolute atomic E-state index is 0.310. The van der Waals surface area contributed by atoms with E-state index in [-0.39, 0.29) is 11.2 Å². The zero-order chi connectivity index (χ0) is 20.0. The van der Waals surface area contributed by atoms with Gasteiger partial charge in [-0.15, -0.1) is 0 Å². The maximum Gasteiger partial charge on any atom is 0.330 e. The van der Waals surface area contributed by atoms with Gasteiger partial charge < -0.3 is 9.30 Å². The average molecular weight is 375 g/mol. The van der Waals surface area contributed by atoms with Gasteiger partial charge in [0.2, 0.25) is 0 Å². The molecule has 0 aliphatic heterocycles. The van der Waals surface area contributed by atoms with Crippen LogP contribution in [0.1, 0.15) is 5.56 Å². The highest BCUT2D eigenvalue weighted by Crippen LogP contribution is 2.32. The molecule has 6 nitrogen and oxygen atoms in total. The average Bonchev–Trinajstić information content (AvgIpc) is 3.12. The fourth-order valence-corrected chi connectivity index (χ4v) is 3.50. The van der Waals surface area contributed by atoms with Crippen molar-refractivity contribution in [1.29, 1.82) is 0 Å². The molecule has 0 saturated heterocycles. The number of fused-ring (bicyclic) bond motifs is 1. The Labute approximate surface area is 161 Å². The van der Waals surface area contributed by atoms with Gasteiger partial charge in [0.15, 0.2) is 0 Å². The van der Waals surface area contributed by atoms with E-state index in [0.29, 0.717) is 16.7 Å². The molecule has 4 aromatic rings. The van der Waals surface area contributed by atoms with E-state index in [0.717, 1.165) is 27.1 Å². The Morgan fingerprint density at radius 1 is 0.929 bits per heavy atom. The summed E-state index contributed by atoms with van der Waals surface area (Å²) >= 11 is 0. The number of methoxy groups -OCH3 is 1. The molecule has 28 heavy (non-hydrogen) atoms. The summed E-state index contributed by atoms with van der Waals surface area (Å²) in [5.74, 6) is 0.715. The summed E-state index contributed by atoms with van der Waals surface area (Å²) in [6, 6.07) is 15.6. The van der Waals surface area contributed by atoms with Gasteiger partial charge in [0.1, 0.15) is 5.75 Å². The van der Waals surface area contributed by atoms with Gasteiger partial charge in [-0.05, 0) is 24.6 Å². The Morgan fingerprint density at radius 2 is 1.64 bits per heavy atom. The number of aromatic nitrogens is 3. The third-order valence-corrected chi connectivity index (χ3v) is 5.10. The predicted molar refractivity (Wildman–Crippen MR) is 110 cm³/mol. The molecule has 0 radical (unpaired) electrons. The zero-order valence-electron chi connectivity index (χ0n) is 16.3. The standard InChI is InChI=1S/C22H21N3O3/c1-14-8-10-15(11-9-14)20-19-18(23(2)22(27)24(3)21(19)26)13-25(20)16-6-5-7-17(12-16)28-4/h5-13H,1-4H3. The molecule has 4 rings (SSSR count). The van der Waals surface area contributed by atoms with Crippen LogP contribution in [0.4, 0.5) is 0 Å². The van der Waals surface area contributed by atoms with Crippen LogP contribution in [-0.4, -0.2) is 20.8 Å². The number of aryl methyl sites for hydroxylation is 2. The van der Waals surface area contributed by atoms with Crippen LogP contribution < -0.4 is 16.0 Å². The second-order valence-electron chi connectivity index (χ2n) is 6.88. The quantitative estimate of drug-likeness (QED) is 0.553. The Kier molecular flexibility index (Phi) is 4.19. The Morgan fingerprint density at radius 3 is 2.32 bits per heavy atom. The van der Waals surface area contributed by atoms with Crippen molar-refractivity contribution < 1.29 is 4.74 Å². The molecule has 0 aliphatic carbocycles. The lowest BCUT2D eigenvalue weighted by atomic mass is 10.1. The molecule has 0 atom stereocenters. The molecule has 0 N–H and O–H groups in total. The highest BCUT2D eigenvalue weighted by molar-refractivity contribution is 5.94. The second-order valence-corrected chi connectivity index (χ2v) is 6.88. The molecular formula is C22H21N3O3. The summed E-state index contributed by atoms with van der Waals surface area (Å²) in [7, 11) is 4.80. The van der Waals surface area contributed by atoms with Crippen molar-refractivity contribution in [3.8, 4) is 22.7 Å². The summed E-state index contributed by atoms with van der Waals surface area (Å²) in [6.45, 7) is 2.02. The van der Waals surface area contributed by atoms with Gasteiger partial charge in [-0.25, -0.2) is 4.79 Å². The Bertz CT molecular complexity index is 1310. The molecule has 0 bridgehead atoms. The van der Waals surface area contributed by atoms with E-state index in [9.17, 15) is 9.59 Å². The van der Waals surface area contributed by atoms with Crippen molar-refractivity contribution in [2.75, 3.05) is 7.11 Å². The van der Waals surface area contributed by atoms with Crippen molar-refractivity contribution >= 4 is 10.9 Å². The maximum atomic E-state index is 13.0. The first-order valence-electron chi connectivity index (χ1n) is 8.95. The Hall–Kier alpha value is -3.54. The lowest BCUT2D eigenvalue weighted by Gasteiger charge is -2.11. The normalized spacial score (nSPS) is 11.1. The first-order chi connectivity index (χ1) is 13.4. The van der Waals surface area contributed by atoms with Crippen LogP contribution in [0.2, 0.25) is 0 Å². The summed E-state index contributed by atoms with van der Waals surface area (Å²) in [5.41, 5.74) is 3.56. The van der Waals surface area contributed by atoms with Crippen molar-refractivity contribution in [2.24, 2.45) is 14.1 Å². The molecule has 2 aromatic carbocycles. The van der Waals surface area contributed by atoms with Gasteiger partial charge in [0.05, 0.1) is 23.7 Å². The topological polar surface area (TPSA) is 58.2 Å². The predicted octanol–water partition coefficient (Wildman–Crippen LogP) is 3.01. The number of rotatable bonds is 3. The molecule has 0 unspecified atom stereocenters. The van der Waals surface area contributed by atoms with Gasteiger partial charge in [0, 0.05) is 32.0 Å². The van der Waals surface area contributed by atoms with Crippen LogP contribution in [0.25, 0.3) is 27.8 Å². The van der Waals surface area contributed by atoms with Crippen LogP contribution in [0.3, 0.4) is 0 Å². The van der Waals surface area contributed by atoms with Gasteiger partial charge >= 0.3 is 5.69 Å². The highest BCUT2D eigenvalue weighted by atomic mass is 16.5. The van der Waals surface area contributed by atoms with E-state index in [2.05, 4.69) is 0 Å². The number of nitrogens with zero attached hydrogens (tertiary/aromatic N) is 3. The van der Waals surface area contributed by atoms with E-state index in [1.165, 1.54) is 11.6 Å². The molecule has 2 aromatic heterocycles. The summed E-state index contributed by atoms with van der Waals surface area (Å²) < 4.78 is 9.96. The summed E-state index contributed by atoms with van der Waals surface area (Å²) in [4.78, 5) is 25.5. The van der Waals surface area contributed by atoms with Gasteiger partial charge in [0.25, 0.3) is 5.56 Å². The first-order valence-corrected chi connectivity index (χ1v) is 8.95. The number of hydrogen-bond acceptors (Lipinski definition) is 3. The van der Waals surface area contributed by atoms with Gasteiger partial charge in [-0.2, -0.15) is 0 Å². The molecule has 0 amide bonds. The van der Waals surface area contributed by atoms with Crippen LogP contribution in [0.15, 0.2) is 64.3 Å². The number of hydrogen-bond donors (Lipinski definition) is 0. The van der Waals surface area contributed by atoms with Crippen molar-refractivity contribution in [1.82, 2.24) is 13.7 Å². The molecule has 0 aliphatic rings. The zero-order valence-corrected chi connectivity index (χ0v) is 16.3. The van der Waals surface area contributed by atoms with Crippen LogP contribution >= 0.6 is 0 Å². The SMILES string of the molecule is COc1cccc(-n2cc3c(c2-c2ccc(C)cc2)c(=O)n(C)c(=O)n3C)c1. The third-order valence-electron chi connectivity index (χ3n) is 5.10. The summed E-state index contributed by atoms with van der Waals surface area (Å²) in [5, 5.41) is 0.510. The van der Waals surface area contributed by atoms with E-state index < -0.39 is 0 Å². The van der Waals surface area contributed by atoms with Crippen LogP contribution in [-0.2, 0) is 14.1 Å². The molecule has 142 valence electrons. The summed E-state index contributed by atoms with van der Waals surface area (Å²) in [6.07, 6.45) is 1.84. The fourth-order valence-electron chi connectivity index (χ4n) is 3.50. The monoisotopic (exact) mass is 375 g/mol. The minimum Gasteiger partial charge on any atom is -0.497 e. The van der Waals surface area contributed by atoms with E-state index in [1.54, 1.807) is 14.2 Å². The first kappa shape index (κ1) is 17.9. The lowest BCUT2D eigenvalue weighted by molar-refractivity contribution is 0.414. The van der Waals surface area contributed by atoms with Crippen LogP contribution in [0, 0.1) is 6.92 Å². The van der Waals surface area contributed by atoms with Gasteiger partial charge in [-0.1, -0.05) is 35.9 Å². The molecular weight excluding hydrogens is 354 g/mol. The van der Waals surface area contributed by atoms with Crippen molar-refractivity contribution in [3.05, 3.63) is 81.1 Å². The molecule has 0 saturated carbocycles. The number of ether oxygens (including phenoxy) is 1. The Balaban J connectivity index is 2.18. The van der Waals surface area contributed by atoms with Crippen LogP contribution in [0.5, 0.6) is 5.75 Å². The molecule has 6 heteroatoms. The maximum absolute atomic E-state index is 13.0.